The van der Waals surface area contributed by atoms with Gasteiger partial charge in [0.15, 0.2) is 0 Å². The molecule has 0 bridgehead atoms. The SMILES string of the molecule is CN(C)CCN(CC(=O)O)C(=O)c1ccc(Cl)c(Br)c1. The van der Waals surface area contributed by atoms with Crippen molar-refractivity contribution < 1.29 is 14.7 Å². The molecule has 1 aromatic rings. The molecule has 0 radical (unpaired) electrons. The van der Waals surface area contributed by atoms with Crippen molar-refractivity contribution >= 4 is 39.4 Å². The second-order valence-electron chi connectivity index (χ2n) is 4.55. The van der Waals surface area contributed by atoms with Gasteiger partial charge >= 0.3 is 5.97 Å². The summed E-state index contributed by atoms with van der Waals surface area (Å²) in [6.45, 7) is 0.610. The van der Waals surface area contributed by atoms with E-state index in [1.807, 2.05) is 19.0 Å². The van der Waals surface area contributed by atoms with Crippen LogP contribution in [0.5, 0.6) is 0 Å². The van der Waals surface area contributed by atoms with E-state index < -0.39 is 5.97 Å². The van der Waals surface area contributed by atoms with Crippen LogP contribution in [0.2, 0.25) is 5.02 Å². The number of hydrogen-bond donors (Lipinski definition) is 1. The van der Waals surface area contributed by atoms with Crippen LogP contribution in [-0.2, 0) is 4.79 Å². The largest absolute Gasteiger partial charge is 0.480 e. The van der Waals surface area contributed by atoms with E-state index in [2.05, 4.69) is 15.9 Å². The molecule has 20 heavy (non-hydrogen) atoms. The Labute approximate surface area is 131 Å². The molecule has 110 valence electrons. The number of carboxylic acids is 1. The van der Waals surface area contributed by atoms with Crippen molar-refractivity contribution in [2.24, 2.45) is 0 Å². The first kappa shape index (κ1) is 16.9. The van der Waals surface area contributed by atoms with Gasteiger partial charge in [-0.1, -0.05) is 11.6 Å². The first-order valence-corrected chi connectivity index (χ1v) is 7.09. The number of carbonyl (C=O) groups is 2. The van der Waals surface area contributed by atoms with E-state index >= 15 is 0 Å². The molecule has 1 amide bonds. The molecule has 0 saturated carbocycles. The lowest BCUT2D eigenvalue weighted by atomic mass is 10.2. The Hall–Kier alpha value is -1.11. The van der Waals surface area contributed by atoms with Crippen LogP contribution in [0.4, 0.5) is 0 Å². The van der Waals surface area contributed by atoms with Crippen LogP contribution in [0.25, 0.3) is 0 Å². The van der Waals surface area contributed by atoms with E-state index in [1.54, 1.807) is 18.2 Å². The predicted molar refractivity (Wildman–Crippen MR) is 81.2 cm³/mol. The number of carbonyl (C=O) groups excluding carboxylic acids is 1. The number of halogens is 2. The third-order valence-electron chi connectivity index (χ3n) is 2.60. The highest BCUT2D eigenvalue weighted by molar-refractivity contribution is 9.10. The van der Waals surface area contributed by atoms with Crippen molar-refractivity contribution in [1.82, 2.24) is 9.80 Å². The molecule has 0 aliphatic carbocycles. The lowest BCUT2D eigenvalue weighted by molar-refractivity contribution is -0.137. The summed E-state index contributed by atoms with van der Waals surface area (Å²) in [4.78, 5) is 26.4. The fraction of sp³-hybridized carbons (Fsp3) is 0.385. The molecule has 0 heterocycles. The molecule has 0 atom stereocenters. The minimum Gasteiger partial charge on any atom is -0.480 e. The number of hydrogen-bond acceptors (Lipinski definition) is 3. The zero-order chi connectivity index (χ0) is 15.3. The van der Waals surface area contributed by atoms with E-state index in [0.717, 1.165) is 0 Å². The highest BCUT2D eigenvalue weighted by Crippen LogP contribution is 2.23. The Morgan fingerprint density at radius 1 is 1.30 bits per heavy atom. The van der Waals surface area contributed by atoms with Crippen molar-refractivity contribution in [2.45, 2.75) is 0 Å². The van der Waals surface area contributed by atoms with Gasteiger partial charge in [0.25, 0.3) is 5.91 Å². The fourth-order valence-electron chi connectivity index (χ4n) is 1.55. The summed E-state index contributed by atoms with van der Waals surface area (Å²) in [5.41, 5.74) is 0.404. The highest BCUT2D eigenvalue weighted by Gasteiger charge is 2.19. The molecule has 1 rings (SSSR count). The molecule has 0 unspecified atom stereocenters. The van der Waals surface area contributed by atoms with E-state index in [9.17, 15) is 9.59 Å². The third kappa shape index (κ3) is 5.11. The van der Waals surface area contributed by atoms with Gasteiger partial charge in [-0.3, -0.25) is 9.59 Å². The highest BCUT2D eigenvalue weighted by atomic mass is 79.9. The maximum absolute atomic E-state index is 12.3. The maximum Gasteiger partial charge on any atom is 0.323 e. The van der Waals surface area contributed by atoms with Crippen LogP contribution >= 0.6 is 27.5 Å². The zero-order valence-corrected chi connectivity index (χ0v) is 13.6. The minimum absolute atomic E-state index is 0.326. The molecule has 1 N–H and O–H groups in total. The van der Waals surface area contributed by atoms with Gasteiger partial charge in [-0.25, -0.2) is 0 Å². The average molecular weight is 364 g/mol. The number of amides is 1. The summed E-state index contributed by atoms with van der Waals surface area (Å²) in [7, 11) is 3.73. The number of rotatable bonds is 6. The van der Waals surface area contributed by atoms with Crippen LogP contribution < -0.4 is 0 Å². The van der Waals surface area contributed by atoms with E-state index in [0.29, 0.717) is 28.1 Å². The summed E-state index contributed by atoms with van der Waals surface area (Å²) in [5, 5.41) is 9.41. The molecule has 0 fully saturated rings. The molecule has 0 aliphatic heterocycles. The third-order valence-corrected chi connectivity index (χ3v) is 3.81. The maximum atomic E-state index is 12.3. The van der Waals surface area contributed by atoms with Crippen molar-refractivity contribution in [3.63, 3.8) is 0 Å². The first-order valence-electron chi connectivity index (χ1n) is 5.92. The Morgan fingerprint density at radius 3 is 2.45 bits per heavy atom. The molecule has 7 heteroatoms. The van der Waals surface area contributed by atoms with Crippen molar-refractivity contribution in [1.29, 1.82) is 0 Å². The number of carboxylic acid groups (broad SMARTS) is 1. The van der Waals surface area contributed by atoms with Crippen LogP contribution in [0.15, 0.2) is 22.7 Å². The van der Waals surface area contributed by atoms with Crippen LogP contribution in [-0.4, -0.2) is 60.5 Å². The lowest BCUT2D eigenvalue weighted by Crippen LogP contribution is -2.40. The molecule has 5 nitrogen and oxygen atoms in total. The van der Waals surface area contributed by atoms with Gasteiger partial charge in [-0.2, -0.15) is 0 Å². The summed E-state index contributed by atoms with van der Waals surface area (Å²) >= 11 is 9.13. The van der Waals surface area contributed by atoms with Crippen molar-refractivity contribution in [3.8, 4) is 0 Å². The summed E-state index contributed by atoms with van der Waals surface area (Å²) in [5.74, 6) is -1.36. The number of likely N-dealkylation sites (N-methyl/N-ethyl adjacent to an activating group) is 1. The standard InChI is InChI=1S/C13H16BrClN2O3/c1-16(2)5-6-17(8-12(18)19)13(20)9-3-4-11(15)10(14)7-9/h3-4,7H,5-6,8H2,1-2H3,(H,18,19). The first-order chi connectivity index (χ1) is 9.31. The molecule has 1 aromatic carbocycles. The summed E-state index contributed by atoms with van der Waals surface area (Å²) in [6.07, 6.45) is 0. The van der Waals surface area contributed by atoms with E-state index in [1.165, 1.54) is 4.90 Å². The molecule has 0 spiro atoms. The summed E-state index contributed by atoms with van der Waals surface area (Å²) < 4.78 is 0.605. The van der Waals surface area contributed by atoms with Crippen LogP contribution in [0, 0.1) is 0 Å². The normalized spacial score (nSPS) is 10.7. The quantitative estimate of drug-likeness (QED) is 0.841. The van der Waals surface area contributed by atoms with Gasteiger partial charge in [0.05, 0.1) is 5.02 Å². The Kier molecular flexibility index (Phi) is 6.45. The predicted octanol–water partition coefficient (Wildman–Crippen LogP) is 2.19. The molecule has 0 aromatic heterocycles. The monoisotopic (exact) mass is 362 g/mol. The van der Waals surface area contributed by atoms with Crippen molar-refractivity contribution in [3.05, 3.63) is 33.3 Å². The van der Waals surface area contributed by atoms with Gasteiger partial charge < -0.3 is 14.9 Å². The zero-order valence-electron chi connectivity index (χ0n) is 11.3. The van der Waals surface area contributed by atoms with Gasteiger partial charge in [0, 0.05) is 23.1 Å². The van der Waals surface area contributed by atoms with Gasteiger partial charge in [0.2, 0.25) is 0 Å². The molecular formula is C13H16BrClN2O3. The minimum atomic E-state index is -1.04. The van der Waals surface area contributed by atoms with Crippen LogP contribution in [0.1, 0.15) is 10.4 Å². The molecule has 0 aliphatic rings. The topological polar surface area (TPSA) is 60.9 Å². The Bertz CT molecular complexity index is 508. The lowest BCUT2D eigenvalue weighted by Gasteiger charge is -2.22. The average Bonchev–Trinajstić information content (AvgIpc) is 2.36. The molecular weight excluding hydrogens is 348 g/mol. The fourth-order valence-corrected chi connectivity index (χ4v) is 2.04. The van der Waals surface area contributed by atoms with Crippen molar-refractivity contribution in [2.75, 3.05) is 33.7 Å². The Morgan fingerprint density at radius 2 is 1.95 bits per heavy atom. The van der Waals surface area contributed by atoms with Gasteiger partial charge in [0.1, 0.15) is 6.54 Å². The number of nitrogens with zero attached hydrogens (tertiary/aromatic N) is 2. The van der Waals surface area contributed by atoms with Crippen LogP contribution in [0.3, 0.4) is 0 Å². The second-order valence-corrected chi connectivity index (χ2v) is 5.81. The van der Waals surface area contributed by atoms with Gasteiger partial charge in [-0.05, 0) is 48.2 Å². The summed E-state index contributed by atoms with van der Waals surface area (Å²) in [6, 6.07) is 4.78. The van der Waals surface area contributed by atoms with E-state index in [-0.39, 0.29) is 12.5 Å². The number of benzene rings is 1. The van der Waals surface area contributed by atoms with Gasteiger partial charge in [-0.15, -0.1) is 0 Å². The van der Waals surface area contributed by atoms with E-state index in [4.69, 9.17) is 16.7 Å². The number of aliphatic carboxylic acids is 1. The molecule has 0 saturated heterocycles. The second kappa shape index (κ2) is 7.61. The Balaban J connectivity index is 2.90. The smallest absolute Gasteiger partial charge is 0.323 e.